The van der Waals surface area contributed by atoms with Crippen LogP contribution in [0.25, 0.3) is 0 Å². The van der Waals surface area contributed by atoms with Gasteiger partial charge in [-0.2, -0.15) is 11.8 Å². The number of hydrogen-bond acceptors (Lipinski definition) is 3. The Morgan fingerprint density at radius 2 is 2.06 bits per heavy atom. The maximum Gasteiger partial charge on any atom is 0.0168 e. The summed E-state index contributed by atoms with van der Waals surface area (Å²) in [6.45, 7) is 1.26. The van der Waals surface area contributed by atoms with E-state index < -0.39 is 0 Å². The quantitative estimate of drug-likeness (QED) is 0.789. The van der Waals surface area contributed by atoms with Gasteiger partial charge in [0.05, 0.1) is 0 Å². The third-order valence-electron chi connectivity index (χ3n) is 4.56. The Hall–Kier alpha value is 0.270. The van der Waals surface area contributed by atoms with E-state index in [4.69, 9.17) is 0 Å². The van der Waals surface area contributed by atoms with Crippen LogP contribution in [0.4, 0.5) is 0 Å². The first-order valence-electron chi connectivity index (χ1n) is 7.00. The molecule has 2 saturated heterocycles. The zero-order valence-electron chi connectivity index (χ0n) is 10.1. The summed E-state index contributed by atoms with van der Waals surface area (Å²) >= 11 is 2.12. The van der Waals surface area contributed by atoms with Crippen LogP contribution in [0.5, 0.6) is 0 Å². The van der Waals surface area contributed by atoms with Gasteiger partial charge in [-0.15, -0.1) is 0 Å². The van der Waals surface area contributed by atoms with Crippen molar-refractivity contribution in [3.05, 3.63) is 0 Å². The molecule has 0 aromatic carbocycles. The van der Waals surface area contributed by atoms with Gasteiger partial charge < -0.3 is 10.6 Å². The molecule has 16 heavy (non-hydrogen) atoms. The van der Waals surface area contributed by atoms with Crippen LogP contribution in [0.1, 0.15) is 38.5 Å². The van der Waals surface area contributed by atoms with Crippen LogP contribution in [0.2, 0.25) is 0 Å². The fraction of sp³-hybridized carbons (Fsp3) is 1.00. The van der Waals surface area contributed by atoms with Gasteiger partial charge in [-0.1, -0.05) is 6.42 Å². The molecular weight excluding hydrogens is 216 g/mol. The zero-order valence-corrected chi connectivity index (χ0v) is 10.9. The molecule has 0 aromatic rings. The van der Waals surface area contributed by atoms with E-state index in [2.05, 4.69) is 22.4 Å². The van der Waals surface area contributed by atoms with Gasteiger partial charge in [-0.3, -0.25) is 0 Å². The van der Waals surface area contributed by atoms with Gasteiger partial charge in [0.25, 0.3) is 0 Å². The summed E-state index contributed by atoms with van der Waals surface area (Å²) in [4.78, 5) is 0. The van der Waals surface area contributed by atoms with Gasteiger partial charge in [-0.05, 0) is 50.3 Å². The van der Waals surface area contributed by atoms with Crippen LogP contribution in [0, 0.1) is 5.92 Å². The fourth-order valence-corrected chi connectivity index (χ4v) is 4.89. The molecule has 0 radical (unpaired) electrons. The topological polar surface area (TPSA) is 24.1 Å². The molecule has 1 saturated carbocycles. The molecule has 0 bridgehead atoms. The Bertz CT molecular complexity index is 222. The van der Waals surface area contributed by atoms with Crippen molar-refractivity contribution in [3.8, 4) is 0 Å². The van der Waals surface area contributed by atoms with Crippen molar-refractivity contribution in [1.82, 2.24) is 10.6 Å². The highest BCUT2D eigenvalue weighted by Gasteiger charge is 2.36. The Morgan fingerprint density at radius 3 is 2.81 bits per heavy atom. The lowest BCUT2D eigenvalue weighted by Crippen LogP contribution is -2.46. The van der Waals surface area contributed by atoms with E-state index in [1.165, 1.54) is 56.6 Å². The second kappa shape index (κ2) is 5.28. The minimum atomic E-state index is 0.817. The smallest absolute Gasteiger partial charge is 0.0168 e. The maximum atomic E-state index is 3.94. The number of thioether (sulfide) groups is 1. The van der Waals surface area contributed by atoms with Crippen molar-refractivity contribution in [2.24, 2.45) is 5.92 Å². The first-order valence-corrected chi connectivity index (χ1v) is 8.16. The molecule has 4 unspecified atom stereocenters. The monoisotopic (exact) mass is 240 g/mol. The summed E-state index contributed by atoms with van der Waals surface area (Å²) in [6, 6.07) is 2.46. The second-order valence-electron chi connectivity index (χ2n) is 5.63. The van der Waals surface area contributed by atoms with Crippen LogP contribution in [0.15, 0.2) is 0 Å². The lowest BCUT2D eigenvalue weighted by atomic mass is 9.92. The van der Waals surface area contributed by atoms with E-state index >= 15 is 0 Å². The van der Waals surface area contributed by atoms with E-state index in [1.54, 1.807) is 0 Å². The number of hydrogen-bond donors (Lipinski definition) is 2. The van der Waals surface area contributed by atoms with E-state index in [9.17, 15) is 0 Å². The van der Waals surface area contributed by atoms with Crippen molar-refractivity contribution in [2.45, 2.75) is 56.7 Å². The van der Waals surface area contributed by atoms with Crippen LogP contribution in [-0.2, 0) is 0 Å². The van der Waals surface area contributed by atoms with Gasteiger partial charge >= 0.3 is 0 Å². The highest BCUT2D eigenvalue weighted by molar-refractivity contribution is 7.99. The standard InChI is InChI=1S/C13H24N2S/c1-3-11(12-5-2-7-14-12)13(4-1)15-10-6-8-16-9-10/h10-15H,1-9H2. The van der Waals surface area contributed by atoms with Crippen LogP contribution in [0.3, 0.4) is 0 Å². The maximum absolute atomic E-state index is 3.94. The minimum absolute atomic E-state index is 0.817. The number of nitrogens with one attached hydrogen (secondary N) is 2. The molecule has 3 heteroatoms. The molecule has 3 rings (SSSR count). The molecule has 4 atom stereocenters. The largest absolute Gasteiger partial charge is 0.314 e. The minimum Gasteiger partial charge on any atom is -0.314 e. The SMILES string of the molecule is C1CNC(C2CCCC2NC2CCSC2)C1. The van der Waals surface area contributed by atoms with Gasteiger partial charge in [0.15, 0.2) is 0 Å². The highest BCUT2D eigenvalue weighted by Crippen LogP contribution is 2.33. The van der Waals surface area contributed by atoms with Crippen molar-refractivity contribution in [3.63, 3.8) is 0 Å². The summed E-state index contributed by atoms with van der Waals surface area (Å²) < 4.78 is 0. The first-order chi connectivity index (χ1) is 7.93. The van der Waals surface area contributed by atoms with Crippen LogP contribution in [-0.4, -0.2) is 36.2 Å². The molecule has 2 N–H and O–H groups in total. The third kappa shape index (κ3) is 2.41. The molecule has 2 heterocycles. The molecule has 3 aliphatic rings. The zero-order chi connectivity index (χ0) is 10.8. The van der Waals surface area contributed by atoms with Crippen molar-refractivity contribution in [1.29, 1.82) is 0 Å². The molecule has 3 fully saturated rings. The predicted molar refractivity (Wildman–Crippen MR) is 71.0 cm³/mol. The summed E-state index contributed by atoms with van der Waals surface area (Å²) in [5.41, 5.74) is 0. The Morgan fingerprint density at radius 1 is 1.06 bits per heavy atom. The van der Waals surface area contributed by atoms with Crippen molar-refractivity contribution in [2.75, 3.05) is 18.1 Å². The van der Waals surface area contributed by atoms with Crippen molar-refractivity contribution < 1.29 is 0 Å². The van der Waals surface area contributed by atoms with E-state index in [0.717, 1.165) is 24.0 Å². The Kier molecular flexibility index (Phi) is 3.75. The van der Waals surface area contributed by atoms with E-state index in [0.29, 0.717) is 0 Å². The molecule has 0 spiro atoms. The molecular formula is C13H24N2S. The Labute approximate surface area is 103 Å². The summed E-state index contributed by atoms with van der Waals surface area (Å²) in [5, 5.41) is 7.65. The third-order valence-corrected chi connectivity index (χ3v) is 5.73. The van der Waals surface area contributed by atoms with E-state index in [-0.39, 0.29) is 0 Å². The molecule has 0 amide bonds. The summed E-state index contributed by atoms with van der Waals surface area (Å²) in [5.74, 6) is 3.64. The summed E-state index contributed by atoms with van der Waals surface area (Å²) in [6.07, 6.45) is 8.53. The second-order valence-corrected chi connectivity index (χ2v) is 6.78. The molecule has 1 aliphatic carbocycles. The summed E-state index contributed by atoms with van der Waals surface area (Å²) in [7, 11) is 0. The lowest BCUT2D eigenvalue weighted by Gasteiger charge is -2.29. The molecule has 92 valence electrons. The number of rotatable bonds is 3. The van der Waals surface area contributed by atoms with Crippen LogP contribution < -0.4 is 10.6 Å². The van der Waals surface area contributed by atoms with Gasteiger partial charge in [0, 0.05) is 23.9 Å². The predicted octanol–water partition coefficient (Wildman–Crippen LogP) is 2.00. The Balaban J connectivity index is 1.55. The molecule has 2 nitrogen and oxygen atoms in total. The van der Waals surface area contributed by atoms with Gasteiger partial charge in [0.2, 0.25) is 0 Å². The fourth-order valence-electron chi connectivity index (χ4n) is 3.72. The average Bonchev–Trinajstić information content (AvgIpc) is 2.98. The molecule has 2 aliphatic heterocycles. The molecule has 0 aromatic heterocycles. The lowest BCUT2D eigenvalue weighted by molar-refractivity contribution is 0.303. The highest BCUT2D eigenvalue weighted by atomic mass is 32.2. The first kappa shape index (κ1) is 11.4. The van der Waals surface area contributed by atoms with Gasteiger partial charge in [-0.25, -0.2) is 0 Å². The van der Waals surface area contributed by atoms with Crippen molar-refractivity contribution >= 4 is 11.8 Å². The van der Waals surface area contributed by atoms with E-state index in [1.807, 2.05) is 0 Å². The van der Waals surface area contributed by atoms with Gasteiger partial charge in [0.1, 0.15) is 0 Å². The normalized spacial score (nSPS) is 44.2. The van der Waals surface area contributed by atoms with Crippen LogP contribution >= 0.6 is 11.8 Å². The average molecular weight is 240 g/mol.